The van der Waals surface area contributed by atoms with E-state index in [1.54, 1.807) is 6.07 Å². The first kappa shape index (κ1) is 21.6. The van der Waals surface area contributed by atoms with Crippen molar-refractivity contribution in [2.45, 2.75) is 71.3 Å². The molecule has 4 nitrogen and oxygen atoms in total. The van der Waals surface area contributed by atoms with E-state index in [0.717, 1.165) is 31.4 Å². The number of rotatable bonds is 3. The minimum Gasteiger partial charge on any atom is -0.462 e. The van der Waals surface area contributed by atoms with Gasteiger partial charge in [0.25, 0.3) is 0 Å². The number of halogens is 2. The number of hydrogen-bond acceptors (Lipinski definition) is 4. The summed E-state index contributed by atoms with van der Waals surface area (Å²) in [6, 6.07) is 5.37. The number of carbonyl (C=O) groups is 2. The minimum atomic E-state index is -0.675. The molecule has 4 rings (SSSR count). The molecule has 1 aromatic carbocycles. The molecule has 3 aliphatic rings. The molecule has 0 amide bonds. The van der Waals surface area contributed by atoms with Crippen molar-refractivity contribution in [1.29, 1.82) is 0 Å². The third kappa shape index (κ3) is 3.97. The summed E-state index contributed by atoms with van der Waals surface area (Å²) in [5.41, 5.74) is 2.55. The maximum absolute atomic E-state index is 13.3. The number of esters is 1. The fourth-order valence-electron chi connectivity index (χ4n) is 5.09. The average Bonchev–Trinajstić information content (AvgIpc) is 3.14. The van der Waals surface area contributed by atoms with Crippen LogP contribution in [0.4, 0.5) is 0 Å². The molecule has 2 atom stereocenters. The Balaban J connectivity index is 1.82. The second-order valence-electron chi connectivity index (χ2n) is 9.50. The normalized spacial score (nSPS) is 26.4. The van der Waals surface area contributed by atoms with Gasteiger partial charge in [-0.3, -0.25) is 14.6 Å². The fourth-order valence-corrected chi connectivity index (χ4v) is 5.52. The lowest BCUT2D eigenvalue weighted by Crippen LogP contribution is -2.40. The van der Waals surface area contributed by atoms with E-state index in [-0.39, 0.29) is 23.3 Å². The van der Waals surface area contributed by atoms with Crippen LogP contribution in [0.25, 0.3) is 0 Å². The number of Topliss-reactive ketones (excluding diaryl/α,β-unsaturated/α-hetero) is 1. The van der Waals surface area contributed by atoms with E-state index in [1.165, 1.54) is 0 Å². The molecule has 30 heavy (non-hydrogen) atoms. The first-order chi connectivity index (χ1) is 14.2. The molecule has 6 heteroatoms. The van der Waals surface area contributed by atoms with E-state index in [0.29, 0.717) is 39.7 Å². The molecule has 1 saturated carbocycles. The molecular weight excluding hydrogens is 421 g/mol. The van der Waals surface area contributed by atoms with E-state index in [9.17, 15) is 9.59 Å². The van der Waals surface area contributed by atoms with Crippen LogP contribution in [0.15, 0.2) is 34.5 Å². The van der Waals surface area contributed by atoms with Crippen LogP contribution in [0.3, 0.4) is 0 Å². The van der Waals surface area contributed by atoms with Gasteiger partial charge in [0.15, 0.2) is 5.78 Å². The van der Waals surface area contributed by atoms with Gasteiger partial charge < -0.3 is 4.74 Å². The van der Waals surface area contributed by atoms with Gasteiger partial charge >= 0.3 is 5.97 Å². The molecule has 160 valence electrons. The third-order valence-corrected chi connectivity index (χ3v) is 7.29. The minimum absolute atomic E-state index is 0.0252. The molecule has 0 radical (unpaired) electrons. The van der Waals surface area contributed by atoms with Crippen LogP contribution in [0, 0.1) is 11.3 Å². The van der Waals surface area contributed by atoms with E-state index >= 15 is 0 Å². The highest BCUT2D eigenvalue weighted by Gasteiger charge is 2.47. The van der Waals surface area contributed by atoms with Crippen molar-refractivity contribution >= 4 is 40.7 Å². The molecule has 1 aliphatic heterocycles. The monoisotopic (exact) mass is 447 g/mol. The summed E-state index contributed by atoms with van der Waals surface area (Å²) < 4.78 is 5.87. The number of carbonyl (C=O) groups excluding carboxylic acids is 2. The van der Waals surface area contributed by atoms with Gasteiger partial charge in [-0.25, -0.2) is 0 Å². The van der Waals surface area contributed by atoms with Gasteiger partial charge in [-0.05, 0) is 56.1 Å². The Hall–Kier alpha value is -1.65. The lowest BCUT2D eigenvalue weighted by Gasteiger charge is -2.39. The summed E-state index contributed by atoms with van der Waals surface area (Å²) in [6.07, 6.45) is 4.96. The highest BCUT2D eigenvalue weighted by atomic mass is 35.5. The van der Waals surface area contributed by atoms with Gasteiger partial charge in [0.05, 0.1) is 10.0 Å². The highest BCUT2D eigenvalue weighted by molar-refractivity contribution is 6.42. The Labute approximate surface area is 187 Å². The molecule has 1 aromatic rings. The van der Waals surface area contributed by atoms with Crippen molar-refractivity contribution in [3.05, 3.63) is 45.1 Å². The van der Waals surface area contributed by atoms with Crippen molar-refractivity contribution in [3.63, 3.8) is 0 Å². The Bertz CT molecular complexity index is 957. The van der Waals surface area contributed by atoms with Crippen LogP contribution in [-0.4, -0.2) is 23.6 Å². The number of ether oxygens (including phenoxy) is 1. The number of hydrogen-bond donors (Lipinski definition) is 0. The predicted molar refractivity (Wildman–Crippen MR) is 119 cm³/mol. The van der Waals surface area contributed by atoms with Crippen molar-refractivity contribution in [1.82, 2.24) is 0 Å². The van der Waals surface area contributed by atoms with Crippen molar-refractivity contribution in [2.24, 2.45) is 16.3 Å². The maximum atomic E-state index is 13.3. The second-order valence-corrected chi connectivity index (χ2v) is 10.3. The summed E-state index contributed by atoms with van der Waals surface area (Å²) in [6.45, 7) is 5.99. The summed E-state index contributed by atoms with van der Waals surface area (Å²) in [5.74, 6) is -1.50. The van der Waals surface area contributed by atoms with Gasteiger partial charge in [0.1, 0.15) is 12.0 Å². The molecule has 0 spiro atoms. The number of ketones is 1. The van der Waals surface area contributed by atoms with Crippen LogP contribution in [0.2, 0.25) is 10.0 Å². The number of nitrogens with zero attached hydrogens (tertiary/aromatic N) is 1. The topological polar surface area (TPSA) is 55.7 Å². The zero-order valence-electron chi connectivity index (χ0n) is 17.6. The van der Waals surface area contributed by atoms with Gasteiger partial charge in [0.2, 0.25) is 0 Å². The zero-order valence-corrected chi connectivity index (χ0v) is 19.1. The van der Waals surface area contributed by atoms with Crippen LogP contribution in [0.1, 0.15) is 70.8 Å². The Kier molecular flexibility index (Phi) is 5.84. The maximum Gasteiger partial charge on any atom is 0.315 e. The highest BCUT2D eigenvalue weighted by Crippen LogP contribution is 2.50. The number of allylic oxidation sites excluding steroid dienone is 2. The predicted octanol–water partition coefficient (Wildman–Crippen LogP) is 6.30. The molecule has 0 saturated heterocycles. The van der Waals surface area contributed by atoms with Crippen molar-refractivity contribution in [2.75, 3.05) is 0 Å². The molecule has 0 bridgehead atoms. The second kappa shape index (κ2) is 8.12. The zero-order chi connectivity index (χ0) is 21.6. The molecule has 2 aliphatic carbocycles. The summed E-state index contributed by atoms with van der Waals surface area (Å²) in [7, 11) is 0. The van der Waals surface area contributed by atoms with Crippen molar-refractivity contribution < 1.29 is 14.3 Å². The molecular formula is C24H27Cl2NO3. The van der Waals surface area contributed by atoms with Gasteiger partial charge in [-0.1, -0.05) is 49.2 Å². The van der Waals surface area contributed by atoms with E-state index in [1.807, 2.05) is 19.1 Å². The van der Waals surface area contributed by atoms with Gasteiger partial charge in [-0.2, -0.15) is 0 Å². The lowest BCUT2D eigenvalue weighted by molar-refractivity contribution is -0.151. The Morgan fingerprint density at radius 3 is 2.57 bits per heavy atom. The first-order valence-electron chi connectivity index (χ1n) is 10.6. The molecule has 1 fully saturated rings. The van der Waals surface area contributed by atoms with E-state index in [2.05, 4.69) is 13.8 Å². The van der Waals surface area contributed by atoms with E-state index in [4.69, 9.17) is 32.9 Å². The number of benzene rings is 1. The molecule has 1 unspecified atom stereocenters. The number of aliphatic imine (C=N–C) groups is 1. The molecule has 0 aromatic heterocycles. The SMILES string of the molecule is CC1=NC2=C(C(=O)CC(C)(C)C2)[C@@H](c2cccc(Cl)c2Cl)C1C(=O)OC1CCCC1. The van der Waals surface area contributed by atoms with Gasteiger partial charge in [-0.15, -0.1) is 0 Å². The van der Waals surface area contributed by atoms with Crippen LogP contribution in [0.5, 0.6) is 0 Å². The summed E-state index contributed by atoms with van der Waals surface area (Å²) in [4.78, 5) is 31.4. The lowest BCUT2D eigenvalue weighted by atomic mass is 9.67. The van der Waals surface area contributed by atoms with Crippen LogP contribution >= 0.6 is 23.2 Å². The van der Waals surface area contributed by atoms with Gasteiger partial charge in [0, 0.05) is 29.3 Å². The smallest absolute Gasteiger partial charge is 0.315 e. The van der Waals surface area contributed by atoms with Crippen LogP contribution in [-0.2, 0) is 14.3 Å². The quantitative estimate of drug-likeness (QED) is 0.510. The Morgan fingerprint density at radius 1 is 1.17 bits per heavy atom. The molecule has 1 heterocycles. The molecule has 0 N–H and O–H groups in total. The Morgan fingerprint density at radius 2 is 1.87 bits per heavy atom. The largest absolute Gasteiger partial charge is 0.462 e. The standard InChI is InChI=1S/C24H27Cl2NO3/c1-13-19(23(29)30-14-7-4-5-8-14)20(15-9-6-10-16(25)22(15)26)21-17(27-13)11-24(2,3)12-18(21)28/h6,9-10,14,19-20H,4-5,7-8,11-12H2,1-3H3/t19?,20-/m0/s1. The van der Waals surface area contributed by atoms with Crippen LogP contribution < -0.4 is 0 Å². The van der Waals surface area contributed by atoms with Crippen molar-refractivity contribution in [3.8, 4) is 0 Å². The van der Waals surface area contributed by atoms with E-state index < -0.39 is 11.8 Å². The fraction of sp³-hybridized carbons (Fsp3) is 0.542. The summed E-state index contributed by atoms with van der Waals surface area (Å²) in [5, 5.41) is 0.782. The summed E-state index contributed by atoms with van der Waals surface area (Å²) >= 11 is 12.9. The first-order valence-corrected chi connectivity index (χ1v) is 11.4. The average molecular weight is 448 g/mol. The third-order valence-electron chi connectivity index (χ3n) is 6.46.